The third kappa shape index (κ3) is 2.05. The molecule has 2 rings (SSSR count). The number of hydrogen-bond acceptors (Lipinski definition) is 3. The summed E-state index contributed by atoms with van der Waals surface area (Å²) in [5.74, 6) is 0.0323. The van der Waals surface area contributed by atoms with E-state index < -0.39 is 0 Å². The van der Waals surface area contributed by atoms with Gasteiger partial charge in [-0.25, -0.2) is 0 Å². The van der Waals surface area contributed by atoms with E-state index in [0.717, 1.165) is 15.6 Å². The molecule has 2 aromatic rings. The molecule has 0 aliphatic rings. The zero-order valence-corrected chi connectivity index (χ0v) is 9.28. The fourth-order valence-corrected chi connectivity index (χ4v) is 2.49. The summed E-state index contributed by atoms with van der Waals surface area (Å²) in [7, 11) is 0. The summed E-state index contributed by atoms with van der Waals surface area (Å²) >= 11 is 1.56. The Labute approximate surface area is 96.1 Å². The van der Waals surface area contributed by atoms with Crippen LogP contribution in [0.15, 0.2) is 34.8 Å². The van der Waals surface area contributed by atoms with Gasteiger partial charge in [-0.1, -0.05) is 23.3 Å². The lowest BCUT2D eigenvalue weighted by Crippen LogP contribution is -1.99. The number of hydrogen-bond donors (Lipinski definition) is 0. The summed E-state index contributed by atoms with van der Waals surface area (Å²) < 4.78 is 1.11. The average molecular weight is 231 g/mol. The molecule has 0 fully saturated rings. The first-order chi connectivity index (χ1) is 7.83. The maximum atomic E-state index is 11.8. The van der Waals surface area contributed by atoms with Crippen molar-refractivity contribution in [1.82, 2.24) is 0 Å². The Morgan fingerprint density at radius 1 is 1.44 bits per heavy atom. The van der Waals surface area contributed by atoms with Crippen molar-refractivity contribution in [1.29, 1.82) is 0 Å². The summed E-state index contributed by atoms with van der Waals surface area (Å²) in [5.41, 5.74) is 8.86. The molecular formula is C11H9N3OS. The Balaban J connectivity index is 2.26. The van der Waals surface area contributed by atoms with Gasteiger partial charge >= 0.3 is 0 Å². The minimum absolute atomic E-state index is 0.0323. The highest BCUT2D eigenvalue weighted by atomic mass is 32.1. The van der Waals surface area contributed by atoms with Crippen LogP contribution < -0.4 is 0 Å². The Bertz CT molecular complexity index is 569. The van der Waals surface area contributed by atoms with E-state index >= 15 is 0 Å². The van der Waals surface area contributed by atoms with Crippen LogP contribution in [0.5, 0.6) is 0 Å². The van der Waals surface area contributed by atoms with Gasteiger partial charge in [0.1, 0.15) is 0 Å². The molecule has 0 spiro atoms. The topological polar surface area (TPSA) is 65.8 Å². The van der Waals surface area contributed by atoms with E-state index in [-0.39, 0.29) is 18.7 Å². The van der Waals surface area contributed by atoms with E-state index in [1.54, 1.807) is 11.3 Å². The van der Waals surface area contributed by atoms with Crippen LogP contribution in [0.25, 0.3) is 20.5 Å². The number of Topliss-reactive ketones (excluding diaryl/α,β-unsaturated/α-hetero) is 1. The molecule has 0 aliphatic heterocycles. The average Bonchev–Trinajstić information content (AvgIpc) is 2.73. The third-order valence-electron chi connectivity index (χ3n) is 2.28. The second-order valence-corrected chi connectivity index (χ2v) is 4.18. The molecule has 0 N–H and O–H groups in total. The van der Waals surface area contributed by atoms with Gasteiger partial charge < -0.3 is 0 Å². The summed E-state index contributed by atoms with van der Waals surface area (Å²) in [6.45, 7) is 0.222. The number of nitrogens with zero attached hydrogens (tertiary/aromatic N) is 3. The molecule has 0 amide bonds. The summed E-state index contributed by atoms with van der Waals surface area (Å²) in [6.07, 6.45) is 0.269. The van der Waals surface area contributed by atoms with Crippen LogP contribution in [0.1, 0.15) is 16.8 Å². The van der Waals surface area contributed by atoms with Gasteiger partial charge in [0.15, 0.2) is 5.78 Å². The number of azide groups is 1. The smallest absolute Gasteiger partial charge is 0.164 e. The zero-order chi connectivity index (χ0) is 11.4. The quantitative estimate of drug-likeness (QED) is 0.341. The van der Waals surface area contributed by atoms with Crippen molar-refractivity contribution in [3.8, 4) is 0 Å². The van der Waals surface area contributed by atoms with Crippen molar-refractivity contribution in [3.63, 3.8) is 0 Å². The van der Waals surface area contributed by atoms with Crippen LogP contribution in [0, 0.1) is 0 Å². The first-order valence-corrected chi connectivity index (χ1v) is 5.71. The van der Waals surface area contributed by atoms with Crippen LogP contribution in [0.3, 0.4) is 0 Å². The fourth-order valence-electron chi connectivity index (χ4n) is 1.52. The molecule has 0 aliphatic carbocycles. The summed E-state index contributed by atoms with van der Waals surface area (Å²) in [6, 6.07) is 7.79. The standard InChI is InChI=1S/C11H9N3OS/c12-14-13-6-5-10(15)9-7-16-11-4-2-1-3-8(9)11/h1-4,7H,5-6H2. The number of benzene rings is 1. The molecule has 4 nitrogen and oxygen atoms in total. The summed E-state index contributed by atoms with van der Waals surface area (Å²) in [4.78, 5) is 14.4. The Morgan fingerprint density at radius 2 is 2.25 bits per heavy atom. The van der Waals surface area contributed by atoms with Gasteiger partial charge in [-0.15, -0.1) is 11.3 Å². The molecule has 80 valence electrons. The monoisotopic (exact) mass is 231 g/mol. The van der Waals surface area contributed by atoms with Crippen molar-refractivity contribution >= 4 is 27.2 Å². The maximum Gasteiger partial charge on any atom is 0.164 e. The van der Waals surface area contributed by atoms with Crippen LogP contribution in [0.2, 0.25) is 0 Å². The highest BCUT2D eigenvalue weighted by Gasteiger charge is 2.10. The molecular weight excluding hydrogens is 222 g/mol. The van der Waals surface area contributed by atoms with E-state index in [1.807, 2.05) is 29.6 Å². The first-order valence-electron chi connectivity index (χ1n) is 4.83. The van der Waals surface area contributed by atoms with Gasteiger partial charge in [0.25, 0.3) is 0 Å². The lowest BCUT2D eigenvalue weighted by atomic mass is 10.1. The van der Waals surface area contributed by atoms with Crippen LogP contribution >= 0.6 is 11.3 Å². The van der Waals surface area contributed by atoms with E-state index in [4.69, 9.17) is 5.53 Å². The molecule has 0 saturated carbocycles. The largest absolute Gasteiger partial charge is 0.294 e. The lowest BCUT2D eigenvalue weighted by Gasteiger charge is -1.96. The van der Waals surface area contributed by atoms with Gasteiger partial charge in [-0.3, -0.25) is 4.79 Å². The van der Waals surface area contributed by atoms with Crippen molar-refractivity contribution in [2.24, 2.45) is 5.11 Å². The van der Waals surface area contributed by atoms with Crippen molar-refractivity contribution in [2.75, 3.05) is 6.54 Å². The third-order valence-corrected chi connectivity index (χ3v) is 3.25. The van der Waals surface area contributed by atoms with Crippen LogP contribution in [-0.4, -0.2) is 12.3 Å². The zero-order valence-electron chi connectivity index (χ0n) is 8.46. The minimum Gasteiger partial charge on any atom is -0.294 e. The Kier molecular flexibility index (Phi) is 3.19. The van der Waals surface area contributed by atoms with Crippen molar-refractivity contribution in [2.45, 2.75) is 6.42 Å². The molecule has 0 atom stereocenters. The van der Waals surface area contributed by atoms with Crippen molar-refractivity contribution < 1.29 is 4.79 Å². The van der Waals surface area contributed by atoms with E-state index in [2.05, 4.69) is 10.0 Å². The number of carbonyl (C=O) groups is 1. The first kappa shape index (κ1) is 10.7. The SMILES string of the molecule is [N-]=[N+]=NCCC(=O)c1csc2ccccc12. The van der Waals surface area contributed by atoms with Crippen LogP contribution in [0.4, 0.5) is 0 Å². The fraction of sp³-hybridized carbons (Fsp3) is 0.182. The van der Waals surface area contributed by atoms with E-state index in [9.17, 15) is 4.79 Å². The predicted octanol–water partition coefficient (Wildman–Crippen LogP) is 3.78. The van der Waals surface area contributed by atoms with Gasteiger partial charge in [-0.05, 0) is 11.6 Å². The minimum atomic E-state index is 0.0323. The van der Waals surface area contributed by atoms with Gasteiger partial charge in [0, 0.05) is 38.9 Å². The molecule has 0 unspecified atom stereocenters. The lowest BCUT2D eigenvalue weighted by molar-refractivity contribution is 0.0987. The molecule has 1 heterocycles. The molecule has 5 heteroatoms. The maximum absolute atomic E-state index is 11.8. The van der Waals surface area contributed by atoms with Gasteiger partial charge in [0.05, 0.1) is 0 Å². The Morgan fingerprint density at radius 3 is 3.06 bits per heavy atom. The Hall–Kier alpha value is -1.84. The number of fused-ring (bicyclic) bond motifs is 1. The number of ketones is 1. The number of carbonyl (C=O) groups excluding carboxylic acids is 1. The highest BCUT2D eigenvalue weighted by Crippen LogP contribution is 2.26. The van der Waals surface area contributed by atoms with E-state index in [1.165, 1.54) is 0 Å². The molecule has 16 heavy (non-hydrogen) atoms. The number of rotatable bonds is 4. The molecule has 0 saturated heterocycles. The number of thiophene rings is 1. The molecule has 0 bridgehead atoms. The van der Waals surface area contributed by atoms with Gasteiger partial charge in [0.2, 0.25) is 0 Å². The second-order valence-electron chi connectivity index (χ2n) is 3.27. The van der Waals surface area contributed by atoms with Gasteiger partial charge in [-0.2, -0.15) is 0 Å². The van der Waals surface area contributed by atoms with E-state index in [0.29, 0.717) is 0 Å². The summed E-state index contributed by atoms with van der Waals surface area (Å²) in [5, 5.41) is 6.21. The highest BCUT2D eigenvalue weighted by molar-refractivity contribution is 7.17. The predicted molar refractivity (Wildman–Crippen MR) is 64.8 cm³/mol. The normalized spacial score (nSPS) is 10.0. The van der Waals surface area contributed by atoms with Crippen molar-refractivity contribution in [3.05, 3.63) is 45.7 Å². The van der Waals surface area contributed by atoms with Crippen LogP contribution in [-0.2, 0) is 0 Å². The second kappa shape index (κ2) is 4.79. The molecule has 1 aromatic carbocycles. The molecule has 1 aromatic heterocycles. The molecule has 0 radical (unpaired) electrons.